The molecule has 7 heterocycles. The Morgan fingerprint density at radius 3 is 2.73 bits per heavy atom. The molecule has 0 radical (unpaired) electrons. The maximum atomic E-state index is 16.1. The van der Waals surface area contributed by atoms with Crippen LogP contribution >= 0.6 is 25.8 Å². The van der Waals surface area contributed by atoms with Gasteiger partial charge in [-0.15, -0.1) is 6.42 Å². The molecule has 0 bridgehead atoms. The SMILES string of the molecule is C#CCO[C@H]1C(CCC2CC=Nc3c(N)ncnc32)O[C@@H]2COP(O)(=S)O[C@@H]3[C@H](OC(n4cnc5c(N)ncnc54)[C@@H]3F)OP(=O)(S)O[C@H]21. The number of alkyl halides is 1. The number of terminal acetylenes is 1. The maximum absolute atomic E-state index is 16.1. The van der Waals surface area contributed by atoms with Gasteiger partial charge in [-0.25, -0.2) is 33.9 Å². The van der Waals surface area contributed by atoms with Gasteiger partial charge in [0, 0.05) is 12.1 Å². The third kappa shape index (κ3) is 6.98. The number of imidazole rings is 1. The van der Waals surface area contributed by atoms with Gasteiger partial charge in [0.25, 0.3) is 0 Å². The van der Waals surface area contributed by atoms with E-state index < -0.39 is 69.3 Å². The predicted octanol–water partition coefficient (Wildman–Crippen LogP) is 2.50. The molecule has 3 fully saturated rings. The quantitative estimate of drug-likeness (QED) is 0.161. The van der Waals surface area contributed by atoms with Gasteiger partial charge in [-0.3, -0.25) is 23.1 Å². The summed E-state index contributed by atoms with van der Waals surface area (Å²) in [6, 6.07) is 0. The maximum Gasteiger partial charge on any atom is 0.388 e. The van der Waals surface area contributed by atoms with Gasteiger partial charge >= 0.3 is 13.5 Å². The fraction of sp³-hybridized carbons (Fsp3) is 0.538. The Kier molecular flexibility index (Phi) is 9.77. The second-order valence-corrected chi connectivity index (χ2v) is 17.0. The van der Waals surface area contributed by atoms with E-state index in [1.165, 1.54) is 23.5 Å². The zero-order chi connectivity index (χ0) is 34.5. The standard InChI is InChI=1S/C26H30FN9O9P2S2/c1-2-7-39-19-13(4-3-12-5-6-30-17-16(12)31-9-32-22(17)28)41-14-8-40-46(37,48)44-21-15(27)25(42-26(21)45-47(38,49)43-20(14)19)36-11-35-18-23(29)33-10-34-24(18)36/h1,6,9-15,19-21,25-26H,3-5,7-8H2,(H,37,48)(H,38,49)(H2,28,31,32)(H2,29,33,34)/t12?,13?,14-,15-,19+,20-,21+,25?,26-,46?,47?/m1/s1. The van der Waals surface area contributed by atoms with Gasteiger partial charge in [0.15, 0.2) is 42.1 Å². The molecule has 4 aliphatic heterocycles. The van der Waals surface area contributed by atoms with E-state index in [4.69, 9.17) is 62.0 Å². The van der Waals surface area contributed by atoms with E-state index in [1.54, 1.807) is 6.21 Å². The molecule has 3 aromatic rings. The molecular weight excluding hydrogens is 727 g/mol. The Morgan fingerprint density at radius 1 is 1.12 bits per heavy atom. The number of hydrogen-bond donors (Lipinski definition) is 4. The number of ether oxygens (including phenoxy) is 3. The van der Waals surface area contributed by atoms with Crippen molar-refractivity contribution < 1.29 is 46.2 Å². The summed E-state index contributed by atoms with van der Waals surface area (Å²) >= 11 is 9.43. The number of nitrogens with two attached hydrogens (primary N) is 2. The van der Waals surface area contributed by atoms with Gasteiger partial charge in [-0.2, -0.15) is 0 Å². The van der Waals surface area contributed by atoms with Crippen LogP contribution in [0.4, 0.5) is 21.7 Å². The Morgan fingerprint density at radius 2 is 1.92 bits per heavy atom. The molecule has 0 spiro atoms. The van der Waals surface area contributed by atoms with Crippen LogP contribution in [0.15, 0.2) is 24.0 Å². The van der Waals surface area contributed by atoms with E-state index >= 15 is 4.39 Å². The summed E-state index contributed by atoms with van der Waals surface area (Å²) in [5.74, 6) is 2.66. The number of anilines is 2. The molecule has 23 heteroatoms. The van der Waals surface area contributed by atoms with E-state index in [-0.39, 0.29) is 35.3 Å². The van der Waals surface area contributed by atoms with Crippen LogP contribution in [-0.2, 0) is 48.7 Å². The molecule has 18 nitrogen and oxygen atoms in total. The lowest BCUT2D eigenvalue weighted by Crippen LogP contribution is -2.38. The molecule has 3 aromatic heterocycles. The van der Waals surface area contributed by atoms with Gasteiger partial charge < -0.3 is 35.1 Å². The van der Waals surface area contributed by atoms with E-state index in [9.17, 15) is 9.46 Å². The average molecular weight is 758 g/mol. The number of nitrogen functional groups attached to an aromatic ring is 2. The lowest BCUT2D eigenvalue weighted by molar-refractivity contribution is -0.127. The van der Waals surface area contributed by atoms with Crippen LogP contribution in [0.2, 0.25) is 0 Å². The number of aromatic nitrogens is 6. The molecule has 7 rings (SSSR count). The fourth-order valence-electron chi connectivity index (χ4n) is 6.22. The number of nitrogens with zero attached hydrogens (tertiary/aromatic N) is 7. The zero-order valence-corrected chi connectivity index (χ0v) is 28.7. The highest BCUT2D eigenvalue weighted by Crippen LogP contribution is 2.61. The lowest BCUT2D eigenvalue weighted by atomic mass is 9.90. The highest BCUT2D eigenvalue weighted by atomic mass is 32.7. The Hall–Kier alpha value is -2.70. The monoisotopic (exact) mass is 757 g/mol. The van der Waals surface area contributed by atoms with Crippen LogP contribution in [0.25, 0.3) is 11.2 Å². The smallest absolute Gasteiger partial charge is 0.382 e. The van der Waals surface area contributed by atoms with Crippen molar-refractivity contribution in [3.05, 3.63) is 24.7 Å². The van der Waals surface area contributed by atoms with Gasteiger partial charge in [-0.1, -0.05) is 18.2 Å². The number of thiol groups is 1. The molecule has 5 unspecified atom stereocenters. The molecule has 262 valence electrons. The number of aliphatic imine (C=N–C) groups is 1. The van der Waals surface area contributed by atoms with Gasteiger partial charge in [0.1, 0.15) is 48.8 Å². The number of halogens is 1. The third-order valence-corrected chi connectivity index (χ3v) is 11.5. The summed E-state index contributed by atoms with van der Waals surface area (Å²) in [5, 5.41) is 0. The van der Waals surface area contributed by atoms with Crippen LogP contribution < -0.4 is 11.5 Å². The van der Waals surface area contributed by atoms with Gasteiger partial charge in [-0.05, 0) is 31.1 Å². The molecule has 0 aromatic carbocycles. The van der Waals surface area contributed by atoms with Crippen molar-refractivity contribution in [1.82, 2.24) is 29.5 Å². The van der Waals surface area contributed by atoms with Crippen LogP contribution in [0.5, 0.6) is 0 Å². The fourth-order valence-corrected chi connectivity index (χ4v) is 9.27. The lowest BCUT2D eigenvalue weighted by Gasteiger charge is -2.28. The average Bonchev–Trinajstić information content (AvgIpc) is 3.71. The van der Waals surface area contributed by atoms with Crippen molar-refractivity contribution in [3.63, 3.8) is 0 Å². The van der Waals surface area contributed by atoms with Gasteiger partial charge in [0.2, 0.25) is 0 Å². The molecule has 11 atom stereocenters. The summed E-state index contributed by atoms with van der Waals surface area (Å²) in [6.07, 6.45) is 1.69. The molecule has 3 saturated heterocycles. The minimum Gasteiger partial charge on any atom is -0.382 e. The molecule has 0 aliphatic carbocycles. The van der Waals surface area contributed by atoms with E-state index in [0.717, 1.165) is 0 Å². The Balaban J connectivity index is 1.14. The Bertz CT molecular complexity index is 1910. The van der Waals surface area contributed by atoms with Crippen molar-refractivity contribution in [3.8, 4) is 12.3 Å². The minimum absolute atomic E-state index is 0.0525. The summed E-state index contributed by atoms with van der Waals surface area (Å²) in [7, 11) is 0. The van der Waals surface area contributed by atoms with Crippen molar-refractivity contribution in [2.24, 2.45) is 4.99 Å². The second-order valence-electron chi connectivity index (χ2n) is 11.4. The second kappa shape index (κ2) is 13.8. The van der Waals surface area contributed by atoms with Crippen molar-refractivity contribution in [1.29, 1.82) is 0 Å². The molecular formula is C26H30FN9O9P2S2. The first-order valence-electron chi connectivity index (χ1n) is 14.9. The van der Waals surface area contributed by atoms with E-state index in [2.05, 4.69) is 48.1 Å². The molecule has 49 heavy (non-hydrogen) atoms. The van der Waals surface area contributed by atoms with E-state index in [1.807, 2.05) is 0 Å². The number of fused-ring (bicyclic) bond motifs is 4. The number of hydrogen-bond acceptors (Lipinski definition) is 17. The largest absolute Gasteiger partial charge is 0.388 e. The molecule has 4 aliphatic rings. The topological polar surface area (TPSA) is 236 Å². The van der Waals surface area contributed by atoms with Crippen molar-refractivity contribution >= 4 is 72.3 Å². The first-order valence-corrected chi connectivity index (χ1v) is 20.1. The molecule has 0 saturated carbocycles. The summed E-state index contributed by atoms with van der Waals surface area (Å²) in [6.45, 7) is -9.23. The first kappa shape index (κ1) is 34.7. The summed E-state index contributed by atoms with van der Waals surface area (Å²) < 4.78 is 72.1. The molecule has 5 N–H and O–H groups in total. The third-order valence-electron chi connectivity index (χ3n) is 8.38. The summed E-state index contributed by atoms with van der Waals surface area (Å²) in [5.41, 5.74) is 13.4. The van der Waals surface area contributed by atoms with Crippen molar-refractivity contribution in [2.45, 2.75) is 74.4 Å². The normalized spacial score (nSPS) is 37.6. The predicted molar refractivity (Wildman–Crippen MR) is 177 cm³/mol. The highest BCUT2D eigenvalue weighted by molar-refractivity contribution is 8.44. The van der Waals surface area contributed by atoms with Crippen LogP contribution in [0.1, 0.15) is 37.1 Å². The summed E-state index contributed by atoms with van der Waals surface area (Å²) in [4.78, 5) is 35.9. The number of rotatable bonds is 6. The Labute approximate surface area is 288 Å². The van der Waals surface area contributed by atoms with Gasteiger partial charge in [0.05, 0.1) is 24.7 Å². The van der Waals surface area contributed by atoms with Crippen LogP contribution in [0, 0.1) is 12.3 Å². The van der Waals surface area contributed by atoms with Crippen LogP contribution in [-0.4, -0.2) is 96.8 Å². The van der Waals surface area contributed by atoms with Crippen molar-refractivity contribution in [2.75, 3.05) is 24.7 Å². The van der Waals surface area contributed by atoms with E-state index in [0.29, 0.717) is 30.6 Å². The molecule has 0 amide bonds. The highest BCUT2D eigenvalue weighted by Gasteiger charge is 2.55. The van der Waals surface area contributed by atoms with Crippen LogP contribution in [0.3, 0.4) is 0 Å². The first-order chi connectivity index (χ1) is 23.4. The minimum atomic E-state index is -4.45. The zero-order valence-electron chi connectivity index (χ0n) is 25.2.